The molecule has 3 aliphatic rings. The molecule has 0 saturated carbocycles. The number of ether oxygens (including phenoxy) is 1. The van der Waals surface area contributed by atoms with Crippen molar-refractivity contribution in [2.75, 3.05) is 26.7 Å². The number of amides is 2. The third-order valence-corrected chi connectivity index (χ3v) is 6.87. The van der Waals surface area contributed by atoms with Crippen LogP contribution in [0.5, 0.6) is 0 Å². The van der Waals surface area contributed by atoms with Gasteiger partial charge in [0.25, 0.3) is 5.91 Å². The molecule has 1 unspecified atom stereocenters. The molecule has 6 nitrogen and oxygen atoms in total. The van der Waals surface area contributed by atoms with Crippen LogP contribution >= 0.6 is 0 Å². The highest BCUT2D eigenvalue weighted by Crippen LogP contribution is 2.30. The van der Waals surface area contributed by atoms with Crippen LogP contribution in [0.2, 0.25) is 0 Å². The monoisotopic (exact) mass is 435 g/mol. The summed E-state index contributed by atoms with van der Waals surface area (Å²) in [7, 11) is 1.62. The minimum atomic E-state index is -0.550. The van der Waals surface area contributed by atoms with Gasteiger partial charge in [0.15, 0.2) is 0 Å². The number of hydrogen-bond acceptors (Lipinski definition) is 4. The molecule has 0 spiro atoms. The van der Waals surface area contributed by atoms with Crippen molar-refractivity contribution in [2.45, 2.75) is 44.8 Å². The van der Waals surface area contributed by atoms with Crippen LogP contribution in [-0.4, -0.2) is 49.7 Å². The maximum absolute atomic E-state index is 12.7. The van der Waals surface area contributed by atoms with Gasteiger partial charge < -0.3 is 20.3 Å². The fourth-order valence-corrected chi connectivity index (χ4v) is 4.78. The largest absolute Gasteiger partial charge is 0.446 e. The van der Waals surface area contributed by atoms with E-state index in [2.05, 4.69) is 15.5 Å². The van der Waals surface area contributed by atoms with Gasteiger partial charge in [-0.05, 0) is 80.9 Å². The van der Waals surface area contributed by atoms with Crippen LogP contribution in [-0.2, 0) is 10.3 Å². The normalized spacial score (nSPS) is 22.7. The van der Waals surface area contributed by atoms with Crippen LogP contribution in [0.1, 0.15) is 49.0 Å². The molecular weight excluding hydrogens is 402 g/mol. The van der Waals surface area contributed by atoms with E-state index in [0.717, 1.165) is 55.6 Å². The number of hydrogen-bond donors (Lipinski definition) is 2. The van der Waals surface area contributed by atoms with Gasteiger partial charge in [-0.3, -0.25) is 4.79 Å². The highest BCUT2D eigenvalue weighted by atomic mass is 16.6. The molecule has 1 atom stereocenters. The second-order valence-electron chi connectivity index (χ2n) is 9.40. The first kappa shape index (κ1) is 22.3. The van der Waals surface area contributed by atoms with Gasteiger partial charge >= 0.3 is 6.09 Å². The maximum atomic E-state index is 12.7. The van der Waals surface area contributed by atoms with Crippen LogP contribution in [0, 0.1) is 5.92 Å². The Hall–Kier alpha value is -2.86. The Labute approximate surface area is 190 Å². The lowest BCUT2D eigenvalue weighted by Gasteiger charge is -2.31. The van der Waals surface area contributed by atoms with Crippen LogP contribution in [0.4, 0.5) is 4.79 Å². The molecule has 2 aromatic rings. The first-order valence-electron chi connectivity index (χ1n) is 11.5. The molecule has 2 bridgehead atoms. The molecule has 3 fully saturated rings. The SMILES string of the molecule is CNC(=O)c1ccc(-c2ccc(C(C)(C)NC(=O)OC3CCN4CCC3CC4)cc2)cc1. The Balaban J connectivity index is 1.39. The van der Waals surface area contributed by atoms with Crippen molar-refractivity contribution in [3.05, 3.63) is 59.7 Å². The molecular formula is C26H33N3O3. The van der Waals surface area contributed by atoms with E-state index in [4.69, 9.17) is 4.74 Å². The Kier molecular flexibility index (Phi) is 6.51. The smallest absolute Gasteiger partial charge is 0.408 e. The summed E-state index contributed by atoms with van der Waals surface area (Å²) in [4.78, 5) is 26.9. The van der Waals surface area contributed by atoms with E-state index >= 15 is 0 Å². The number of nitrogens with one attached hydrogen (secondary N) is 2. The van der Waals surface area contributed by atoms with Gasteiger partial charge in [0, 0.05) is 19.2 Å². The van der Waals surface area contributed by atoms with E-state index in [1.807, 2.05) is 62.4 Å². The molecule has 3 heterocycles. The molecule has 5 rings (SSSR count). The van der Waals surface area contributed by atoms with Crippen molar-refractivity contribution in [3.63, 3.8) is 0 Å². The van der Waals surface area contributed by atoms with Gasteiger partial charge in [0.1, 0.15) is 6.10 Å². The number of carbonyl (C=O) groups excluding carboxylic acids is 2. The number of benzene rings is 2. The average molecular weight is 436 g/mol. The average Bonchev–Trinajstić information content (AvgIpc) is 3.11. The van der Waals surface area contributed by atoms with Crippen LogP contribution < -0.4 is 10.6 Å². The highest BCUT2D eigenvalue weighted by molar-refractivity contribution is 5.94. The molecule has 32 heavy (non-hydrogen) atoms. The predicted octanol–water partition coefficient (Wildman–Crippen LogP) is 4.16. The van der Waals surface area contributed by atoms with Crippen LogP contribution in [0.3, 0.4) is 0 Å². The summed E-state index contributed by atoms with van der Waals surface area (Å²) in [5.41, 5.74) is 3.18. The lowest BCUT2D eigenvalue weighted by Crippen LogP contribution is -2.43. The second-order valence-corrected chi connectivity index (χ2v) is 9.40. The Morgan fingerprint density at radius 2 is 1.47 bits per heavy atom. The van der Waals surface area contributed by atoms with Crippen LogP contribution in [0.25, 0.3) is 11.1 Å². The summed E-state index contributed by atoms with van der Waals surface area (Å²) < 4.78 is 5.88. The molecule has 3 aliphatic heterocycles. The van der Waals surface area contributed by atoms with E-state index in [1.54, 1.807) is 7.05 Å². The van der Waals surface area contributed by atoms with Crippen molar-refractivity contribution in [1.29, 1.82) is 0 Å². The molecule has 2 amide bonds. The molecule has 2 N–H and O–H groups in total. The predicted molar refractivity (Wildman–Crippen MR) is 125 cm³/mol. The highest BCUT2D eigenvalue weighted by Gasteiger charge is 2.34. The van der Waals surface area contributed by atoms with Gasteiger partial charge in [0.05, 0.1) is 5.54 Å². The van der Waals surface area contributed by atoms with Gasteiger partial charge in [-0.2, -0.15) is 0 Å². The zero-order chi connectivity index (χ0) is 22.7. The van der Waals surface area contributed by atoms with Crippen molar-refractivity contribution in [2.24, 2.45) is 5.92 Å². The van der Waals surface area contributed by atoms with Gasteiger partial charge in [-0.25, -0.2) is 4.79 Å². The molecule has 170 valence electrons. The number of fused-ring (bicyclic) bond motifs is 4. The minimum absolute atomic E-state index is 0.0124. The number of rotatable bonds is 5. The zero-order valence-corrected chi connectivity index (χ0v) is 19.2. The van der Waals surface area contributed by atoms with E-state index in [-0.39, 0.29) is 18.1 Å². The number of piperidine rings is 1. The van der Waals surface area contributed by atoms with Gasteiger partial charge in [0.2, 0.25) is 0 Å². The Morgan fingerprint density at radius 1 is 0.906 bits per heavy atom. The van der Waals surface area contributed by atoms with E-state index < -0.39 is 5.54 Å². The first-order chi connectivity index (χ1) is 15.4. The summed E-state index contributed by atoms with van der Waals surface area (Å²) in [5, 5.41) is 5.70. The lowest BCUT2D eigenvalue weighted by molar-refractivity contribution is 0.0514. The molecule has 0 aromatic heterocycles. The lowest BCUT2D eigenvalue weighted by atomic mass is 9.92. The molecule has 6 heteroatoms. The number of carbonyl (C=O) groups is 2. The number of alkyl carbamates (subject to hydrolysis) is 1. The fourth-order valence-electron chi connectivity index (χ4n) is 4.78. The van der Waals surface area contributed by atoms with Crippen molar-refractivity contribution < 1.29 is 14.3 Å². The molecule has 2 aromatic carbocycles. The standard InChI is InChI=1S/C26H33N3O3/c1-26(2,28-25(31)32-23-14-17-29-15-12-20(23)13-16-29)22-10-8-19(9-11-22)18-4-6-21(7-5-18)24(30)27-3/h4-11,20,23H,12-17H2,1-3H3,(H,27,30)(H,28,31). The third-order valence-electron chi connectivity index (χ3n) is 6.87. The van der Waals surface area contributed by atoms with E-state index in [9.17, 15) is 9.59 Å². The van der Waals surface area contributed by atoms with Gasteiger partial charge in [-0.1, -0.05) is 36.4 Å². The van der Waals surface area contributed by atoms with Gasteiger partial charge in [-0.15, -0.1) is 0 Å². The zero-order valence-electron chi connectivity index (χ0n) is 19.2. The summed E-state index contributed by atoms with van der Waals surface area (Å²) in [6.07, 6.45) is 2.83. The topological polar surface area (TPSA) is 70.7 Å². The second kappa shape index (κ2) is 9.33. The quantitative estimate of drug-likeness (QED) is 0.740. The Bertz CT molecular complexity index is 945. The third kappa shape index (κ3) is 4.96. The number of nitrogens with zero attached hydrogens (tertiary/aromatic N) is 1. The maximum Gasteiger partial charge on any atom is 0.408 e. The first-order valence-corrected chi connectivity index (χ1v) is 11.5. The Morgan fingerprint density at radius 3 is 2.06 bits per heavy atom. The summed E-state index contributed by atoms with van der Waals surface area (Å²) in [6, 6.07) is 15.7. The van der Waals surface area contributed by atoms with Crippen molar-refractivity contribution >= 4 is 12.0 Å². The molecule has 0 radical (unpaired) electrons. The van der Waals surface area contributed by atoms with Crippen LogP contribution in [0.15, 0.2) is 48.5 Å². The summed E-state index contributed by atoms with van der Waals surface area (Å²) in [6.45, 7) is 7.25. The van der Waals surface area contributed by atoms with Crippen molar-refractivity contribution in [3.8, 4) is 11.1 Å². The van der Waals surface area contributed by atoms with E-state index in [0.29, 0.717) is 11.5 Å². The summed E-state index contributed by atoms with van der Waals surface area (Å²) >= 11 is 0. The fraction of sp³-hybridized carbons (Fsp3) is 0.462. The minimum Gasteiger partial charge on any atom is -0.446 e. The van der Waals surface area contributed by atoms with Crippen molar-refractivity contribution in [1.82, 2.24) is 15.5 Å². The molecule has 0 aliphatic carbocycles. The summed E-state index contributed by atoms with van der Waals surface area (Å²) in [5.74, 6) is 0.386. The molecule has 3 saturated heterocycles. The van der Waals surface area contributed by atoms with E-state index in [1.165, 1.54) is 0 Å².